The van der Waals surface area contributed by atoms with E-state index in [1.165, 1.54) is 11.1 Å². The van der Waals surface area contributed by atoms with Gasteiger partial charge >= 0.3 is 0 Å². The first-order chi connectivity index (χ1) is 14.7. The van der Waals surface area contributed by atoms with E-state index in [1.54, 1.807) is 0 Å². The smallest absolute Gasteiger partial charge is 0.116 e. The van der Waals surface area contributed by atoms with E-state index in [4.69, 9.17) is 0 Å². The molecule has 0 unspecified atom stereocenters. The molecule has 2 nitrogen and oxygen atoms in total. The lowest BCUT2D eigenvalue weighted by Gasteiger charge is -2.30. The number of rotatable bonds is 7. The fraction of sp³-hybridized carbons (Fsp3) is 0.143. The summed E-state index contributed by atoms with van der Waals surface area (Å²) >= 11 is 0. The van der Waals surface area contributed by atoms with Crippen molar-refractivity contribution in [2.75, 3.05) is 13.6 Å². The number of hydrogen-bond acceptors (Lipinski definition) is 2. The quantitative estimate of drug-likeness (QED) is 0.412. The lowest BCUT2D eigenvalue weighted by atomic mass is 9.82. The van der Waals surface area contributed by atoms with Crippen LogP contribution < -0.4 is 5.32 Å². The summed E-state index contributed by atoms with van der Waals surface area (Å²) in [6, 6.07) is 37.2. The van der Waals surface area contributed by atoms with Crippen molar-refractivity contribution in [3.8, 4) is 22.3 Å². The lowest BCUT2D eigenvalue weighted by molar-refractivity contribution is 0.0717. The van der Waals surface area contributed by atoms with Crippen LogP contribution in [-0.2, 0) is 5.60 Å². The third-order valence-corrected chi connectivity index (χ3v) is 5.68. The summed E-state index contributed by atoms with van der Waals surface area (Å²) in [5.41, 5.74) is 5.41. The minimum absolute atomic E-state index is 0.596. The summed E-state index contributed by atoms with van der Waals surface area (Å²) in [7, 11) is 1.91. The maximum atomic E-state index is 11.8. The van der Waals surface area contributed by atoms with Crippen LogP contribution in [0.2, 0.25) is 0 Å². The number of benzene rings is 4. The Morgan fingerprint density at radius 3 is 1.30 bits per heavy atom. The summed E-state index contributed by atoms with van der Waals surface area (Å²) in [6.45, 7) is 0.720. The molecule has 0 amide bonds. The van der Waals surface area contributed by atoms with Crippen molar-refractivity contribution in [1.29, 1.82) is 0 Å². The maximum Gasteiger partial charge on any atom is 0.116 e. The van der Waals surface area contributed by atoms with Crippen LogP contribution in [0.1, 0.15) is 17.5 Å². The second-order valence-corrected chi connectivity index (χ2v) is 7.60. The molecule has 0 saturated heterocycles. The molecule has 0 radical (unpaired) electrons. The van der Waals surface area contributed by atoms with Gasteiger partial charge in [-0.15, -0.1) is 0 Å². The molecule has 2 heteroatoms. The molecule has 0 aliphatic heterocycles. The van der Waals surface area contributed by atoms with Crippen LogP contribution >= 0.6 is 0 Å². The largest absolute Gasteiger partial charge is 0.380 e. The zero-order valence-corrected chi connectivity index (χ0v) is 17.3. The van der Waals surface area contributed by atoms with Crippen LogP contribution in [0.5, 0.6) is 0 Å². The van der Waals surface area contributed by atoms with Crippen LogP contribution in [0, 0.1) is 0 Å². The van der Waals surface area contributed by atoms with Gasteiger partial charge in [-0.2, -0.15) is 0 Å². The Hall–Kier alpha value is -3.20. The van der Waals surface area contributed by atoms with Crippen molar-refractivity contribution in [3.63, 3.8) is 0 Å². The Labute approximate surface area is 178 Å². The van der Waals surface area contributed by atoms with E-state index < -0.39 is 5.60 Å². The molecule has 4 aromatic carbocycles. The summed E-state index contributed by atoms with van der Waals surface area (Å²) in [5, 5.41) is 14.9. The van der Waals surface area contributed by atoms with Crippen LogP contribution in [-0.4, -0.2) is 18.7 Å². The lowest BCUT2D eigenvalue weighted by Crippen LogP contribution is -2.31. The first-order valence-corrected chi connectivity index (χ1v) is 10.4. The van der Waals surface area contributed by atoms with Gasteiger partial charge < -0.3 is 10.4 Å². The minimum atomic E-state index is -1.05. The third kappa shape index (κ3) is 4.20. The predicted octanol–water partition coefficient (Wildman–Crippen LogP) is 5.87. The molecular weight excluding hydrogens is 366 g/mol. The molecule has 0 aliphatic carbocycles. The zero-order chi connectivity index (χ0) is 20.8. The molecule has 4 aromatic rings. The summed E-state index contributed by atoms with van der Waals surface area (Å²) < 4.78 is 0. The molecule has 4 rings (SSSR count). The average Bonchev–Trinajstić information content (AvgIpc) is 2.84. The minimum Gasteiger partial charge on any atom is -0.380 e. The van der Waals surface area contributed by atoms with Crippen LogP contribution in [0.15, 0.2) is 109 Å². The van der Waals surface area contributed by atoms with Gasteiger partial charge in [-0.05, 0) is 53.4 Å². The van der Waals surface area contributed by atoms with Crippen LogP contribution in [0.4, 0.5) is 0 Å². The summed E-state index contributed by atoms with van der Waals surface area (Å²) in [5.74, 6) is 0. The van der Waals surface area contributed by atoms with Crippen molar-refractivity contribution >= 4 is 0 Å². The highest BCUT2D eigenvalue weighted by molar-refractivity contribution is 5.65. The van der Waals surface area contributed by atoms with Crippen molar-refractivity contribution in [2.24, 2.45) is 0 Å². The van der Waals surface area contributed by atoms with Gasteiger partial charge in [-0.1, -0.05) is 109 Å². The van der Waals surface area contributed by atoms with Crippen LogP contribution in [0.3, 0.4) is 0 Å². The Morgan fingerprint density at radius 2 is 0.933 bits per heavy atom. The molecule has 0 bridgehead atoms. The predicted molar refractivity (Wildman–Crippen MR) is 125 cm³/mol. The maximum absolute atomic E-state index is 11.8. The molecule has 0 fully saturated rings. The Morgan fingerprint density at radius 1 is 0.567 bits per heavy atom. The number of hydrogen-bond donors (Lipinski definition) is 2. The Bertz CT molecular complexity index is 972. The Kier molecular flexibility index (Phi) is 6.08. The Balaban J connectivity index is 1.67. The number of aliphatic hydroxyl groups is 1. The fourth-order valence-electron chi connectivity index (χ4n) is 3.90. The number of nitrogens with one attached hydrogen (secondary N) is 1. The standard InChI is InChI=1S/C28H27NO/c1-29-21-20-28(30,26-16-12-24(13-17-26)22-8-4-2-5-9-22)27-18-14-25(15-19-27)23-10-6-3-7-11-23/h2-19,29-30H,20-21H2,1H3. The first kappa shape index (κ1) is 20.1. The summed E-state index contributed by atoms with van der Waals surface area (Å²) in [4.78, 5) is 0. The zero-order valence-electron chi connectivity index (χ0n) is 17.3. The highest BCUT2D eigenvalue weighted by atomic mass is 16.3. The molecule has 0 aliphatic rings. The van der Waals surface area contributed by atoms with E-state index in [0.29, 0.717) is 6.42 Å². The molecule has 30 heavy (non-hydrogen) atoms. The third-order valence-electron chi connectivity index (χ3n) is 5.68. The van der Waals surface area contributed by atoms with Gasteiger partial charge in [-0.3, -0.25) is 0 Å². The normalized spacial score (nSPS) is 11.4. The molecule has 0 atom stereocenters. The van der Waals surface area contributed by atoms with E-state index in [2.05, 4.69) is 53.8 Å². The highest BCUT2D eigenvalue weighted by Crippen LogP contribution is 2.35. The van der Waals surface area contributed by atoms with Crippen molar-refractivity contribution in [1.82, 2.24) is 5.32 Å². The summed E-state index contributed by atoms with van der Waals surface area (Å²) in [6.07, 6.45) is 0.596. The molecule has 2 N–H and O–H groups in total. The van der Waals surface area contributed by atoms with Gasteiger partial charge in [0.2, 0.25) is 0 Å². The topological polar surface area (TPSA) is 32.3 Å². The van der Waals surface area contributed by atoms with E-state index in [9.17, 15) is 5.11 Å². The molecule has 0 heterocycles. The van der Waals surface area contributed by atoms with Gasteiger partial charge in [0.25, 0.3) is 0 Å². The molecule has 0 aromatic heterocycles. The van der Waals surface area contributed by atoms with Crippen molar-refractivity contribution in [2.45, 2.75) is 12.0 Å². The van der Waals surface area contributed by atoms with Crippen LogP contribution in [0.25, 0.3) is 22.3 Å². The SMILES string of the molecule is CNCCC(O)(c1ccc(-c2ccccc2)cc1)c1ccc(-c2ccccc2)cc1. The molecule has 0 spiro atoms. The van der Waals surface area contributed by atoms with Gasteiger partial charge in [0, 0.05) is 0 Å². The second kappa shape index (κ2) is 9.08. The first-order valence-electron chi connectivity index (χ1n) is 10.4. The van der Waals surface area contributed by atoms with E-state index in [1.807, 2.05) is 67.7 Å². The van der Waals surface area contributed by atoms with E-state index >= 15 is 0 Å². The fourth-order valence-corrected chi connectivity index (χ4v) is 3.90. The second-order valence-electron chi connectivity index (χ2n) is 7.60. The average molecular weight is 394 g/mol. The van der Waals surface area contributed by atoms with Gasteiger partial charge in [0.05, 0.1) is 0 Å². The molecule has 0 saturated carbocycles. The van der Waals surface area contributed by atoms with E-state index in [-0.39, 0.29) is 0 Å². The van der Waals surface area contributed by atoms with Gasteiger partial charge in [0.15, 0.2) is 0 Å². The molecule has 150 valence electrons. The molecular formula is C28H27NO. The van der Waals surface area contributed by atoms with Gasteiger partial charge in [-0.25, -0.2) is 0 Å². The van der Waals surface area contributed by atoms with Crippen molar-refractivity contribution < 1.29 is 5.11 Å². The van der Waals surface area contributed by atoms with E-state index in [0.717, 1.165) is 28.8 Å². The highest BCUT2D eigenvalue weighted by Gasteiger charge is 2.31. The monoisotopic (exact) mass is 393 g/mol. The van der Waals surface area contributed by atoms with Crippen molar-refractivity contribution in [3.05, 3.63) is 120 Å². The van der Waals surface area contributed by atoms with Gasteiger partial charge in [0.1, 0.15) is 5.60 Å².